The number of nitrogen functional groups attached to an aromatic ring is 5. The first-order valence-corrected chi connectivity index (χ1v) is 37.4. The topological polar surface area (TPSA) is 347 Å². The van der Waals surface area contributed by atoms with Gasteiger partial charge in [0.25, 0.3) is 0 Å². The normalized spacial score (nSPS) is 12.5. The van der Waals surface area contributed by atoms with Crippen LogP contribution >= 0.6 is 31.9 Å². The maximum Gasteiger partial charge on any atom is 0.488 e. The zero-order valence-corrected chi connectivity index (χ0v) is 71.0. The van der Waals surface area contributed by atoms with Crippen molar-refractivity contribution < 1.29 is 54.9 Å². The number of hydrogen-bond acceptors (Lipinski definition) is 16. The van der Waals surface area contributed by atoms with Crippen molar-refractivity contribution in [2.24, 2.45) is 23.7 Å². The van der Waals surface area contributed by atoms with Gasteiger partial charge in [0.15, 0.2) is 5.82 Å². The fourth-order valence-electron chi connectivity index (χ4n) is 10.6. The summed E-state index contributed by atoms with van der Waals surface area (Å²) in [5.74, 6) is -1.02. The molecule has 2 aliphatic heterocycles. The number of nitrogens with zero attached hydrogens (tertiary/aromatic N) is 6. The van der Waals surface area contributed by atoms with E-state index >= 15 is 0 Å². The van der Waals surface area contributed by atoms with Crippen LogP contribution in [0.5, 0.6) is 0 Å². The number of carboxylic acids is 1. The molecule has 6 aromatic rings. The molecule has 0 radical (unpaired) electrons. The van der Waals surface area contributed by atoms with Gasteiger partial charge in [-0.25, -0.2) is 26.3 Å². The molecule has 8 rings (SSSR count). The summed E-state index contributed by atoms with van der Waals surface area (Å²) in [5, 5.41) is 61.4. The third-order valence-corrected chi connectivity index (χ3v) is 18.0. The standard InChI is InChI=1S/C16H20FNO2.C14H17FN2.C11H12BrFN2.C11H13FN2.C11H11FN2.C10H19BO2.C7H4BrFN2.C5H9BO2/c1-9(2)5-11-6-12(8-18)16(17)15(10(3)4)13(11)7-14(19)20;1-8(2)5-10-6-11(7-16)13(15)12(9(3)4)14(10)17;1-6(2)3-7-4-8(5-14)10(13)9(12)11(7)15;2*1-7(2)3-8-4-9(6-13)10(12)5-11(8)14;1-8(2)7-11-12-9(3,4)10(5,6)13-11;8-5-1-4(3-10)6(9)2-7(5)11;1-5(2)6-7-3-4-8-6/h6,9-10H,5,7H2,1-4H3,(H,19,20);6,8H,3,5,17H2,1-2,4H3;4,6H,3,15H2,1-2H3;4-5,7H,3,14H2,1-2H3;3-5H,14H2,1-2H3;7H,1-6H3;1-2H,11H2;1,3-4H2,2H3. The molecule has 0 spiro atoms. The summed E-state index contributed by atoms with van der Waals surface area (Å²) in [4.78, 5) is 11.1. The van der Waals surface area contributed by atoms with Crippen molar-refractivity contribution in [3.63, 3.8) is 0 Å². The molecular formula is C85H105B2Br2F6N11O6. The number of aliphatic carboxylic acids is 1. The van der Waals surface area contributed by atoms with E-state index in [-0.39, 0.29) is 81.2 Å². The van der Waals surface area contributed by atoms with Gasteiger partial charge in [0.1, 0.15) is 65.5 Å². The highest BCUT2D eigenvalue weighted by molar-refractivity contribution is 9.11. The third kappa shape index (κ3) is 31.8. The highest BCUT2D eigenvalue weighted by atomic mass is 79.9. The second-order valence-corrected chi connectivity index (χ2v) is 31.7. The molecule has 27 heteroatoms. The molecule has 0 amide bonds. The number of rotatable bonds is 15. The van der Waals surface area contributed by atoms with Gasteiger partial charge in [-0.3, -0.25) is 4.79 Å². The van der Waals surface area contributed by atoms with Crippen LogP contribution in [0.15, 0.2) is 99.3 Å². The molecule has 11 N–H and O–H groups in total. The van der Waals surface area contributed by atoms with E-state index in [4.69, 9.17) is 84.0 Å². The number of anilines is 5. The summed E-state index contributed by atoms with van der Waals surface area (Å²) in [6, 6.07) is 23.2. The van der Waals surface area contributed by atoms with Crippen molar-refractivity contribution in [1.82, 2.24) is 0 Å². The highest BCUT2D eigenvalue weighted by Crippen LogP contribution is 2.38. The Kier molecular flexibility index (Phi) is 42.0. The van der Waals surface area contributed by atoms with Crippen molar-refractivity contribution in [2.45, 2.75) is 188 Å². The molecule has 2 heterocycles. The molecule has 112 heavy (non-hydrogen) atoms. The summed E-state index contributed by atoms with van der Waals surface area (Å²) < 4.78 is 103. The van der Waals surface area contributed by atoms with Gasteiger partial charge in [-0.15, -0.1) is 6.58 Å². The third-order valence-electron chi connectivity index (χ3n) is 16.5. The molecule has 17 nitrogen and oxygen atoms in total. The van der Waals surface area contributed by atoms with E-state index < -0.39 is 40.9 Å². The zero-order valence-electron chi connectivity index (χ0n) is 67.8. The molecule has 0 aliphatic carbocycles. The van der Waals surface area contributed by atoms with Crippen LogP contribution in [0.4, 0.5) is 54.8 Å². The minimum atomic E-state index is -0.985. The summed E-state index contributed by atoms with van der Waals surface area (Å²) in [5.41, 5.74) is 38.7. The maximum absolute atomic E-state index is 14.3. The molecule has 0 bridgehead atoms. The Morgan fingerprint density at radius 3 is 1.29 bits per heavy atom. The Morgan fingerprint density at radius 1 is 0.527 bits per heavy atom. The largest absolute Gasteiger partial charge is 0.488 e. The monoisotopic (exact) mass is 1670 g/mol. The van der Waals surface area contributed by atoms with E-state index in [1.807, 2.05) is 106 Å². The van der Waals surface area contributed by atoms with E-state index in [9.17, 15) is 31.1 Å². The molecule has 0 atom stereocenters. The van der Waals surface area contributed by atoms with E-state index in [0.717, 1.165) is 58.6 Å². The van der Waals surface area contributed by atoms with Crippen LogP contribution in [0.3, 0.4) is 0 Å². The van der Waals surface area contributed by atoms with E-state index in [1.165, 1.54) is 54.1 Å². The molecule has 2 aliphatic rings. The summed E-state index contributed by atoms with van der Waals surface area (Å²) in [6.45, 7) is 48.5. The van der Waals surface area contributed by atoms with Crippen LogP contribution in [0.1, 0.15) is 222 Å². The lowest BCUT2D eigenvalue weighted by atomic mass is 9.81. The SMILES string of the molecule is C=C(C)B1OCCO1.C=C(C)c1c(N)c(CC(C)C)cc(C#N)c1F.CC(C)=CB1OC(C)(C)C(C)(C)O1.CC(C)=Cc1cc(C#N)c(F)cc1N.CC(C)Cc1cc(C#N)c(F)c(Br)c1N.CC(C)Cc1cc(C#N)c(F)c(C(C)C)c1CC(=O)O.CC(C)Cc1cc(C#N)c(F)cc1N.N#Cc1cc(Br)c(N)cc1F. The van der Waals surface area contributed by atoms with Crippen LogP contribution in [0.2, 0.25) is 0 Å². The molecule has 0 saturated carbocycles. The van der Waals surface area contributed by atoms with Crippen molar-refractivity contribution >= 4 is 92.2 Å². The number of carbonyl (C=O) groups is 1. The van der Waals surface area contributed by atoms with Crippen LogP contribution in [-0.2, 0) is 55.5 Å². The fraction of sp³-hybridized carbons (Fsp3) is 0.400. The Balaban J connectivity index is 0.000000646. The quantitative estimate of drug-likeness (QED) is 0.0316. The second-order valence-electron chi connectivity index (χ2n) is 30.0. The van der Waals surface area contributed by atoms with Gasteiger partial charge in [0.05, 0.1) is 74.4 Å². The Morgan fingerprint density at radius 2 is 0.902 bits per heavy atom. The summed E-state index contributed by atoms with van der Waals surface area (Å²) >= 11 is 6.14. The lowest BCUT2D eigenvalue weighted by molar-refractivity contribution is -0.136. The molecule has 2 fully saturated rings. The predicted octanol–water partition coefficient (Wildman–Crippen LogP) is 20.8. The molecule has 6 aromatic carbocycles. The van der Waals surface area contributed by atoms with Gasteiger partial charge in [0, 0.05) is 32.8 Å². The first-order valence-electron chi connectivity index (χ1n) is 35.9. The molecular weight excluding hydrogens is 1570 g/mol. The second kappa shape index (κ2) is 46.9. The van der Waals surface area contributed by atoms with Crippen LogP contribution < -0.4 is 28.7 Å². The number of allylic oxidation sites excluding steroid dienone is 4. The summed E-state index contributed by atoms with van der Waals surface area (Å²) in [7, 11) is -0.315. The predicted molar refractivity (Wildman–Crippen MR) is 446 cm³/mol. The van der Waals surface area contributed by atoms with Gasteiger partial charge in [0.2, 0.25) is 0 Å². The van der Waals surface area contributed by atoms with Crippen molar-refractivity contribution in [1.29, 1.82) is 31.6 Å². The van der Waals surface area contributed by atoms with Crippen LogP contribution in [-0.4, -0.2) is 49.7 Å². The van der Waals surface area contributed by atoms with Gasteiger partial charge < -0.3 is 52.4 Å². The number of benzene rings is 6. The molecule has 0 aromatic heterocycles. The molecule has 598 valence electrons. The van der Waals surface area contributed by atoms with E-state index in [2.05, 4.69) is 100 Å². The average Bonchev–Trinajstić information content (AvgIpc) is 1.55. The first kappa shape index (κ1) is 100. The minimum Gasteiger partial charge on any atom is -0.481 e. The lowest BCUT2D eigenvalue weighted by Gasteiger charge is -2.32. The lowest BCUT2D eigenvalue weighted by Crippen LogP contribution is -2.41. The van der Waals surface area contributed by atoms with Gasteiger partial charge in [-0.05, 0) is 255 Å². The van der Waals surface area contributed by atoms with Crippen LogP contribution in [0.25, 0.3) is 11.6 Å². The number of halogens is 8. The van der Waals surface area contributed by atoms with E-state index in [1.54, 1.807) is 25.1 Å². The van der Waals surface area contributed by atoms with Crippen LogP contribution in [0, 0.1) is 127 Å². The van der Waals surface area contributed by atoms with Crippen molar-refractivity contribution in [3.8, 4) is 36.4 Å². The van der Waals surface area contributed by atoms with Gasteiger partial charge >= 0.3 is 20.2 Å². The zero-order chi connectivity index (χ0) is 86.3. The molecule has 2 saturated heterocycles. The molecule has 0 unspecified atom stereocenters. The summed E-state index contributed by atoms with van der Waals surface area (Å²) in [6.07, 6.45) is 4.46. The van der Waals surface area contributed by atoms with Gasteiger partial charge in [-0.2, -0.15) is 31.6 Å². The first-order chi connectivity index (χ1) is 51.9. The number of carboxylic acid groups (broad SMARTS) is 1. The average molecular weight is 1670 g/mol. The Labute approximate surface area is 676 Å². The number of hydrogen-bond donors (Lipinski definition) is 6. The number of nitrogens with two attached hydrogens (primary N) is 5. The van der Waals surface area contributed by atoms with Gasteiger partial charge in [-0.1, -0.05) is 104 Å². The number of nitriles is 6. The van der Waals surface area contributed by atoms with E-state index in [0.29, 0.717) is 98.5 Å². The smallest absolute Gasteiger partial charge is 0.481 e. The fourth-order valence-corrected chi connectivity index (χ4v) is 11.5. The highest BCUT2D eigenvalue weighted by Gasteiger charge is 2.50. The minimum absolute atomic E-state index is 0.00140. The Hall–Kier alpha value is -9.80. The Bertz CT molecular complexity index is 4630. The van der Waals surface area contributed by atoms with Crippen molar-refractivity contribution in [2.75, 3.05) is 41.9 Å². The van der Waals surface area contributed by atoms with Crippen molar-refractivity contribution in [3.05, 3.63) is 212 Å². The maximum atomic E-state index is 14.3.